The molecular weight excluding hydrogens is 266 g/mol. The van der Waals surface area contributed by atoms with Gasteiger partial charge < -0.3 is 15.4 Å². The van der Waals surface area contributed by atoms with Crippen molar-refractivity contribution in [2.24, 2.45) is 0 Å². The summed E-state index contributed by atoms with van der Waals surface area (Å²) >= 11 is 0. The summed E-state index contributed by atoms with van der Waals surface area (Å²) in [5.41, 5.74) is 1.10. The first-order valence-corrected chi connectivity index (χ1v) is 6.69. The number of ether oxygens (including phenoxy) is 1. The Bertz CT molecular complexity index is 651. The summed E-state index contributed by atoms with van der Waals surface area (Å²) in [5, 5.41) is 15.4. The molecule has 21 heavy (non-hydrogen) atoms. The molecule has 0 aliphatic carbocycles. The van der Waals surface area contributed by atoms with Crippen LogP contribution in [0, 0.1) is 11.3 Å². The van der Waals surface area contributed by atoms with Crippen LogP contribution in [-0.2, 0) is 0 Å². The number of methoxy groups -OCH3 is 1. The highest BCUT2D eigenvalue weighted by atomic mass is 16.5. The molecule has 1 aromatic heterocycles. The van der Waals surface area contributed by atoms with Crippen molar-refractivity contribution in [2.75, 3.05) is 24.3 Å². The summed E-state index contributed by atoms with van der Waals surface area (Å²) in [4.78, 5) is 8.50. The van der Waals surface area contributed by atoms with Crippen molar-refractivity contribution in [3.8, 4) is 11.8 Å². The van der Waals surface area contributed by atoms with Crippen molar-refractivity contribution in [1.29, 1.82) is 5.26 Å². The molecule has 0 unspecified atom stereocenters. The molecule has 0 atom stereocenters. The van der Waals surface area contributed by atoms with Crippen LogP contribution >= 0.6 is 0 Å². The average Bonchev–Trinajstić information content (AvgIpc) is 2.53. The second kappa shape index (κ2) is 7.10. The molecule has 1 aromatic carbocycles. The quantitative estimate of drug-likeness (QED) is 0.848. The molecule has 0 radical (unpaired) electrons. The van der Waals surface area contributed by atoms with Crippen LogP contribution in [0.15, 0.2) is 30.5 Å². The SMILES string of the molecule is CCCNc1nccc(Nc2c(C#N)cccc2OC)n1. The Hall–Kier alpha value is -2.81. The minimum Gasteiger partial charge on any atom is -0.495 e. The van der Waals surface area contributed by atoms with Crippen LogP contribution in [0.3, 0.4) is 0 Å². The second-order valence-corrected chi connectivity index (χ2v) is 4.31. The standard InChI is InChI=1S/C15H17N5O/c1-3-8-17-15-18-9-7-13(20-15)19-14-11(10-16)5-4-6-12(14)21-2/h4-7,9H,3,8H2,1-2H3,(H2,17,18,19,20). The van der Waals surface area contributed by atoms with Gasteiger partial charge in [0, 0.05) is 12.7 Å². The van der Waals surface area contributed by atoms with Crippen LogP contribution in [-0.4, -0.2) is 23.6 Å². The van der Waals surface area contributed by atoms with E-state index in [9.17, 15) is 5.26 Å². The van der Waals surface area contributed by atoms with E-state index in [2.05, 4.69) is 33.6 Å². The molecule has 2 rings (SSSR count). The van der Waals surface area contributed by atoms with Gasteiger partial charge in [0.1, 0.15) is 23.3 Å². The first-order valence-electron chi connectivity index (χ1n) is 6.69. The lowest BCUT2D eigenvalue weighted by atomic mass is 10.2. The number of nitrogens with zero attached hydrogens (tertiary/aromatic N) is 3. The summed E-state index contributed by atoms with van der Waals surface area (Å²) in [7, 11) is 1.57. The number of aromatic nitrogens is 2. The van der Waals surface area contributed by atoms with Crippen LogP contribution in [0.5, 0.6) is 5.75 Å². The normalized spacial score (nSPS) is 9.76. The molecule has 2 aromatic rings. The second-order valence-electron chi connectivity index (χ2n) is 4.31. The third-order valence-electron chi connectivity index (χ3n) is 2.81. The van der Waals surface area contributed by atoms with E-state index in [4.69, 9.17) is 4.74 Å². The maximum absolute atomic E-state index is 9.20. The minimum atomic E-state index is 0.496. The maximum atomic E-state index is 9.20. The van der Waals surface area contributed by atoms with Crippen molar-refractivity contribution in [3.63, 3.8) is 0 Å². The Kier molecular flexibility index (Phi) is 4.94. The lowest BCUT2D eigenvalue weighted by Gasteiger charge is -2.12. The highest BCUT2D eigenvalue weighted by Gasteiger charge is 2.10. The number of nitriles is 1. The van der Waals surface area contributed by atoms with Crippen LogP contribution in [0.4, 0.5) is 17.5 Å². The van der Waals surface area contributed by atoms with Crippen molar-refractivity contribution in [1.82, 2.24) is 9.97 Å². The topological polar surface area (TPSA) is 82.9 Å². The molecule has 0 saturated heterocycles. The molecule has 0 aliphatic rings. The summed E-state index contributed by atoms with van der Waals surface area (Å²) in [6, 6.07) is 9.17. The van der Waals surface area contributed by atoms with Gasteiger partial charge in [-0.25, -0.2) is 4.98 Å². The highest BCUT2D eigenvalue weighted by Crippen LogP contribution is 2.30. The van der Waals surface area contributed by atoms with Crippen LogP contribution in [0.1, 0.15) is 18.9 Å². The monoisotopic (exact) mass is 283 g/mol. The Morgan fingerprint density at radius 2 is 2.19 bits per heavy atom. The molecule has 0 saturated carbocycles. The van der Waals surface area contributed by atoms with Gasteiger partial charge in [0.15, 0.2) is 0 Å². The minimum absolute atomic E-state index is 0.496. The molecule has 6 nitrogen and oxygen atoms in total. The first-order chi connectivity index (χ1) is 10.3. The van der Waals surface area contributed by atoms with Gasteiger partial charge >= 0.3 is 0 Å². The Morgan fingerprint density at radius 1 is 1.33 bits per heavy atom. The van der Waals surface area contributed by atoms with Crippen molar-refractivity contribution < 1.29 is 4.74 Å². The van der Waals surface area contributed by atoms with E-state index in [1.165, 1.54) is 0 Å². The molecular formula is C15H17N5O. The van der Waals surface area contributed by atoms with E-state index in [-0.39, 0.29) is 0 Å². The average molecular weight is 283 g/mol. The summed E-state index contributed by atoms with van der Waals surface area (Å²) < 4.78 is 5.28. The van der Waals surface area contributed by atoms with E-state index < -0.39 is 0 Å². The Balaban J connectivity index is 2.28. The summed E-state index contributed by atoms with van der Waals surface area (Å²) in [6.07, 6.45) is 2.65. The molecule has 6 heteroatoms. The molecule has 108 valence electrons. The van der Waals surface area contributed by atoms with Gasteiger partial charge in [-0.15, -0.1) is 0 Å². The van der Waals surface area contributed by atoms with Gasteiger partial charge in [-0.3, -0.25) is 0 Å². The largest absolute Gasteiger partial charge is 0.495 e. The van der Waals surface area contributed by atoms with E-state index in [1.54, 1.807) is 37.6 Å². The number of anilines is 3. The predicted octanol–water partition coefficient (Wildman–Crippen LogP) is 2.92. The highest BCUT2D eigenvalue weighted by molar-refractivity contribution is 5.71. The van der Waals surface area contributed by atoms with Crippen LogP contribution < -0.4 is 15.4 Å². The number of benzene rings is 1. The Labute approximate surface area is 123 Å². The van der Waals surface area contributed by atoms with Gasteiger partial charge in [-0.1, -0.05) is 13.0 Å². The van der Waals surface area contributed by atoms with Crippen LogP contribution in [0.25, 0.3) is 0 Å². The van der Waals surface area contributed by atoms with E-state index in [0.29, 0.717) is 28.8 Å². The summed E-state index contributed by atoms with van der Waals surface area (Å²) in [6.45, 7) is 2.88. The number of para-hydroxylation sites is 1. The smallest absolute Gasteiger partial charge is 0.224 e. The van der Waals surface area contributed by atoms with Gasteiger partial charge in [0.05, 0.1) is 12.7 Å². The molecule has 0 bridgehead atoms. The van der Waals surface area contributed by atoms with Gasteiger partial charge in [-0.2, -0.15) is 10.2 Å². The first kappa shape index (κ1) is 14.6. The molecule has 0 spiro atoms. The van der Waals surface area contributed by atoms with E-state index in [1.807, 2.05) is 0 Å². The number of hydrogen-bond donors (Lipinski definition) is 2. The third kappa shape index (κ3) is 3.60. The van der Waals surface area contributed by atoms with Crippen molar-refractivity contribution in [3.05, 3.63) is 36.0 Å². The number of hydrogen-bond acceptors (Lipinski definition) is 6. The van der Waals surface area contributed by atoms with Crippen LogP contribution in [0.2, 0.25) is 0 Å². The van der Waals surface area contributed by atoms with Crippen molar-refractivity contribution >= 4 is 17.5 Å². The lowest BCUT2D eigenvalue weighted by molar-refractivity contribution is 0.416. The zero-order chi connectivity index (χ0) is 15.1. The fraction of sp³-hybridized carbons (Fsp3) is 0.267. The molecule has 0 amide bonds. The Morgan fingerprint density at radius 3 is 2.90 bits per heavy atom. The van der Waals surface area contributed by atoms with E-state index in [0.717, 1.165) is 13.0 Å². The fourth-order valence-corrected chi connectivity index (χ4v) is 1.80. The molecule has 1 heterocycles. The fourth-order valence-electron chi connectivity index (χ4n) is 1.80. The zero-order valence-corrected chi connectivity index (χ0v) is 12.1. The molecule has 2 N–H and O–H groups in total. The van der Waals surface area contributed by atoms with Gasteiger partial charge in [0.25, 0.3) is 0 Å². The molecule has 0 aliphatic heterocycles. The zero-order valence-electron chi connectivity index (χ0n) is 12.1. The van der Waals surface area contributed by atoms with Gasteiger partial charge in [-0.05, 0) is 24.6 Å². The number of nitrogens with one attached hydrogen (secondary N) is 2. The van der Waals surface area contributed by atoms with E-state index >= 15 is 0 Å². The van der Waals surface area contributed by atoms with Gasteiger partial charge in [0.2, 0.25) is 5.95 Å². The van der Waals surface area contributed by atoms with Crippen molar-refractivity contribution in [2.45, 2.75) is 13.3 Å². The third-order valence-corrected chi connectivity index (χ3v) is 2.81. The lowest BCUT2D eigenvalue weighted by Crippen LogP contribution is -2.06. The predicted molar refractivity (Wildman–Crippen MR) is 81.8 cm³/mol. The maximum Gasteiger partial charge on any atom is 0.224 e. The molecule has 0 fully saturated rings. The number of rotatable bonds is 6. The summed E-state index contributed by atoms with van der Waals surface area (Å²) in [5.74, 6) is 1.75.